The molecule has 0 aliphatic heterocycles. The molecule has 2 aromatic rings. The van der Waals surface area contributed by atoms with Gasteiger partial charge < -0.3 is 10.5 Å². The molecule has 0 unspecified atom stereocenters. The van der Waals surface area contributed by atoms with Crippen molar-refractivity contribution in [2.24, 2.45) is 0 Å². The van der Waals surface area contributed by atoms with Gasteiger partial charge in [-0.3, -0.25) is 9.67 Å². The molecule has 0 fully saturated rings. The predicted molar refractivity (Wildman–Crippen MR) is 70.9 cm³/mol. The van der Waals surface area contributed by atoms with Gasteiger partial charge in [0, 0.05) is 18.6 Å². The number of nitrogens with two attached hydrogens (primary N) is 1. The van der Waals surface area contributed by atoms with Crippen molar-refractivity contribution in [3.05, 3.63) is 40.9 Å². The average Bonchev–Trinajstić information content (AvgIpc) is 2.74. The van der Waals surface area contributed by atoms with Crippen LogP contribution in [0.15, 0.2) is 24.7 Å². The van der Waals surface area contributed by atoms with E-state index < -0.39 is 5.97 Å². The van der Waals surface area contributed by atoms with Gasteiger partial charge in [-0.15, -0.1) is 0 Å². The topological polar surface area (TPSA) is 83.0 Å². The Morgan fingerprint density at radius 1 is 1.58 bits per heavy atom. The second kappa shape index (κ2) is 5.71. The number of hydrogen-bond donors (Lipinski definition) is 1. The van der Waals surface area contributed by atoms with Crippen LogP contribution in [-0.2, 0) is 11.3 Å². The molecule has 0 spiro atoms. The van der Waals surface area contributed by atoms with Gasteiger partial charge in [0.2, 0.25) is 0 Å². The summed E-state index contributed by atoms with van der Waals surface area (Å²) in [5.41, 5.74) is 6.98. The smallest absolute Gasteiger partial charge is 0.361 e. The first-order chi connectivity index (χ1) is 9.11. The van der Waals surface area contributed by atoms with Crippen LogP contribution < -0.4 is 5.73 Å². The highest BCUT2D eigenvalue weighted by Gasteiger charge is 2.16. The van der Waals surface area contributed by atoms with Crippen molar-refractivity contribution < 1.29 is 9.53 Å². The van der Waals surface area contributed by atoms with E-state index in [9.17, 15) is 4.79 Å². The van der Waals surface area contributed by atoms with E-state index in [1.807, 2.05) is 0 Å². The van der Waals surface area contributed by atoms with Crippen LogP contribution in [0.2, 0.25) is 5.02 Å². The second-order valence-corrected chi connectivity index (χ2v) is 4.23. The van der Waals surface area contributed by atoms with Crippen molar-refractivity contribution in [3.63, 3.8) is 0 Å². The maximum atomic E-state index is 11.6. The zero-order valence-corrected chi connectivity index (χ0v) is 11.1. The molecule has 0 amide bonds. The van der Waals surface area contributed by atoms with E-state index in [2.05, 4.69) is 10.1 Å². The summed E-state index contributed by atoms with van der Waals surface area (Å²) in [6, 6.07) is 1.78. The van der Waals surface area contributed by atoms with Crippen LogP contribution in [0.25, 0.3) is 0 Å². The fourth-order valence-electron chi connectivity index (χ4n) is 1.58. The largest absolute Gasteiger partial charge is 0.461 e. The quantitative estimate of drug-likeness (QED) is 0.863. The number of nitrogen functional groups attached to an aromatic ring is 1. The van der Waals surface area contributed by atoms with Gasteiger partial charge in [-0.25, -0.2) is 4.79 Å². The molecule has 100 valence electrons. The Morgan fingerprint density at radius 2 is 2.37 bits per heavy atom. The summed E-state index contributed by atoms with van der Waals surface area (Å²) in [4.78, 5) is 15.5. The zero-order valence-electron chi connectivity index (χ0n) is 10.3. The maximum Gasteiger partial charge on any atom is 0.361 e. The number of anilines is 1. The van der Waals surface area contributed by atoms with Crippen molar-refractivity contribution in [2.75, 3.05) is 12.3 Å². The van der Waals surface area contributed by atoms with Gasteiger partial charge in [-0.1, -0.05) is 11.6 Å². The molecule has 0 bridgehead atoms. The van der Waals surface area contributed by atoms with Crippen LogP contribution in [0.3, 0.4) is 0 Å². The number of carbonyl (C=O) groups is 1. The Kier molecular flexibility index (Phi) is 4.01. The van der Waals surface area contributed by atoms with Crippen LogP contribution in [0.5, 0.6) is 0 Å². The Bertz CT molecular complexity index is 597. The van der Waals surface area contributed by atoms with Gasteiger partial charge in [0.1, 0.15) is 0 Å². The van der Waals surface area contributed by atoms with Crippen LogP contribution >= 0.6 is 11.6 Å². The third-order valence-corrected chi connectivity index (χ3v) is 2.79. The first-order valence-electron chi connectivity index (χ1n) is 5.70. The van der Waals surface area contributed by atoms with Gasteiger partial charge in [0.15, 0.2) is 5.69 Å². The third-order valence-electron chi connectivity index (χ3n) is 2.45. The molecule has 2 rings (SSSR count). The van der Waals surface area contributed by atoms with Gasteiger partial charge in [0.25, 0.3) is 0 Å². The maximum absolute atomic E-state index is 11.6. The van der Waals surface area contributed by atoms with Gasteiger partial charge in [-0.2, -0.15) is 5.10 Å². The van der Waals surface area contributed by atoms with E-state index in [0.717, 1.165) is 5.56 Å². The highest BCUT2D eigenvalue weighted by molar-refractivity contribution is 6.31. The van der Waals surface area contributed by atoms with Crippen molar-refractivity contribution >= 4 is 23.3 Å². The fourth-order valence-corrected chi connectivity index (χ4v) is 1.76. The molecule has 7 heteroatoms. The lowest BCUT2D eigenvalue weighted by Crippen LogP contribution is -2.09. The lowest BCUT2D eigenvalue weighted by Gasteiger charge is -2.03. The molecule has 19 heavy (non-hydrogen) atoms. The molecule has 6 nitrogen and oxygen atoms in total. The monoisotopic (exact) mass is 280 g/mol. The number of esters is 1. The first-order valence-corrected chi connectivity index (χ1v) is 6.08. The number of nitrogens with zero attached hydrogens (tertiary/aromatic N) is 3. The Labute approximate surface area is 115 Å². The number of pyridine rings is 1. The van der Waals surface area contributed by atoms with E-state index in [-0.39, 0.29) is 18.0 Å². The minimum Gasteiger partial charge on any atom is -0.461 e. The summed E-state index contributed by atoms with van der Waals surface area (Å²) >= 11 is 6.01. The van der Waals surface area contributed by atoms with Crippen molar-refractivity contribution in [1.29, 1.82) is 0 Å². The molecule has 0 saturated carbocycles. The van der Waals surface area contributed by atoms with Crippen molar-refractivity contribution in [1.82, 2.24) is 14.8 Å². The number of hydrogen-bond acceptors (Lipinski definition) is 5. The SMILES string of the molecule is CCOC(=O)c1nn(Cc2ccncc2Cl)cc1N. The second-order valence-electron chi connectivity index (χ2n) is 3.82. The number of ether oxygens (including phenoxy) is 1. The normalized spacial score (nSPS) is 10.4. The zero-order chi connectivity index (χ0) is 13.8. The molecule has 0 radical (unpaired) electrons. The standard InChI is InChI=1S/C12H13ClN4O2/c1-2-19-12(18)11-10(14)7-17(16-11)6-8-3-4-15-5-9(8)13/h3-5,7H,2,6,14H2,1H3. The number of rotatable bonds is 4. The number of carbonyl (C=O) groups excluding carboxylic acids is 1. The molecule has 0 aliphatic rings. The fraction of sp³-hybridized carbons (Fsp3) is 0.250. The summed E-state index contributed by atoms with van der Waals surface area (Å²) in [6.07, 6.45) is 4.76. The van der Waals surface area contributed by atoms with Crippen molar-refractivity contribution in [2.45, 2.75) is 13.5 Å². The number of halogens is 1. The molecule has 0 aliphatic carbocycles. The summed E-state index contributed by atoms with van der Waals surface area (Å²) in [7, 11) is 0. The van der Waals surface area contributed by atoms with E-state index in [1.165, 1.54) is 0 Å². The Balaban J connectivity index is 2.21. The predicted octanol–water partition coefficient (Wildman–Crippen LogP) is 1.74. The molecule has 0 aromatic carbocycles. The molecule has 0 atom stereocenters. The van der Waals surface area contributed by atoms with Crippen LogP contribution in [0.4, 0.5) is 5.69 Å². The number of aromatic nitrogens is 3. The van der Waals surface area contributed by atoms with E-state index in [0.29, 0.717) is 11.6 Å². The van der Waals surface area contributed by atoms with Gasteiger partial charge >= 0.3 is 5.97 Å². The van der Waals surface area contributed by atoms with E-state index in [4.69, 9.17) is 22.1 Å². The Hall–Kier alpha value is -2.08. The summed E-state index contributed by atoms with van der Waals surface area (Å²) in [6.45, 7) is 2.41. The molecule has 0 saturated heterocycles. The summed E-state index contributed by atoms with van der Waals surface area (Å²) < 4.78 is 6.41. The lowest BCUT2D eigenvalue weighted by atomic mass is 10.3. The highest BCUT2D eigenvalue weighted by atomic mass is 35.5. The van der Waals surface area contributed by atoms with Gasteiger partial charge in [0.05, 0.1) is 23.9 Å². The highest BCUT2D eigenvalue weighted by Crippen LogP contribution is 2.17. The third kappa shape index (κ3) is 3.03. The molecule has 2 aromatic heterocycles. The Morgan fingerprint density at radius 3 is 3.05 bits per heavy atom. The minimum atomic E-state index is -0.528. The molecule has 2 N–H and O–H groups in total. The average molecular weight is 281 g/mol. The van der Waals surface area contributed by atoms with Gasteiger partial charge in [-0.05, 0) is 18.6 Å². The molecular formula is C12H13ClN4O2. The van der Waals surface area contributed by atoms with E-state index >= 15 is 0 Å². The van der Waals surface area contributed by atoms with Crippen LogP contribution in [0, 0.1) is 0 Å². The minimum absolute atomic E-state index is 0.118. The van der Waals surface area contributed by atoms with Crippen LogP contribution in [-0.4, -0.2) is 27.3 Å². The van der Waals surface area contributed by atoms with E-state index in [1.54, 1.807) is 36.3 Å². The molecular weight excluding hydrogens is 268 g/mol. The first kappa shape index (κ1) is 13.4. The lowest BCUT2D eigenvalue weighted by molar-refractivity contribution is 0.0519. The summed E-state index contributed by atoms with van der Waals surface area (Å²) in [5, 5.41) is 4.64. The summed E-state index contributed by atoms with van der Waals surface area (Å²) in [5.74, 6) is -0.528. The van der Waals surface area contributed by atoms with Crippen molar-refractivity contribution in [3.8, 4) is 0 Å². The molecule has 2 heterocycles. The van der Waals surface area contributed by atoms with Crippen LogP contribution in [0.1, 0.15) is 23.0 Å².